The van der Waals surface area contributed by atoms with Crippen molar-refractivity contribution >= 4 is 43.7 Å². The van der Waals surface area contributed by atoms with Crippen molar-refractivity contribution in [2.45, 2.75) is 23.0 Å². The van der Waals surface area contributed by atoms with Crippen LogP contribution in [0.4, 0.5) is 0 Å². The number of carboxylic acids is 1. The summed E-state index contributed by atoms with van der Waals surface area (Å²) in [7, 11) is -3.67. The Bertz CT molecular complexity index is 612. The van der Waals surface area contributed by atoms with E-state index in [1.807, 2.05) is 0 Å². The Morgan fingerprint density at radius 3 is 2.85 bits per heavy atom. The average Bonchev–Trinajstić information content (AvgIpc) is 2.89. The van der Waals surface area contributed by atoms with Gasteiger partial charge in [-0.2, -0.15) is 11.8 Å². The fourth-order valence-corrected chi connectivity index (χ4v) is 4.76. The van der Waals surface area contributed by atoms with E-state index in [0.29, 0.717) is 16.3 Å². The van der Waals surface area contributed by atoms with Gasteiger partial charge in [-0.25, -0.2) is 17.9 Å². The number of aromatic carboxylic acids is 1. The van der Waals surface area contributed by atoms with Crippen LogP contribution in [0.25, 0.3) is 0 Å². The number of sulfonamides is 1. The van der Waals surface area contributed by atoms with Crippen LogP contribution in [0.5, 0.6) is 0 Å². The third-order valence-electron chi connectivity index (χ3n) is 3.00. The number of nitrogens with one attached hydrogen (secondary N) is 1. The number of hydrogen-bond acceptors (Lipinski definition) is 4. The zero-order chi connectivity index (χ0) is 14.8. The van der Waals surface area contributed by atoms with Crippen molar-refractivity contribution < 1.29 is 18.3 Å². The predicted molar refractivity (Wildman–Crippen MR) is 81.8 cm³/mol. The first-order valence-electron chi connectivity index (χ1n) is 6.04. The van der Waals surface area contributed by atoms with Gasteiger partial charge < -0.3 is 5.11 Å². The van der Waals surface area contributed by atoms with Gasteiger partial charge in [-0.05, 0) is 52.7 Å². The molecule has 1 unspecified atom stereocenters. The molecule has 1 aliphatic heterocycles. The third kappa shape index (κ3) is 3.75. The van der Waals surface area contributed by atoms with Gasteiger partial charge in [0.25, 0.3) is 0 Å². The van der Waals surface area contributed by atoms with Crippen molar-refractivity contribution in [3.05, 3.63) is 28.2 Å². The second-order valence-corrected chi connectivity index (χ2v) is 8.46. The molecule has 0 radical (unpaired) electrons. The summed E-state index contributed by atoms with van der Waals surface area (Å²) in [6.45, 7) is 0.380. The lowest BCUT2D eigenvalue weighted by atomic mass is 10.2. The van der Waals surface area contributed by atoms with E-state index in [9.17, 15) is 13.2 Å². The Labute approximate surface area is 130 Å². The van der Waals surface area contributed by atoms with Gasteiger partial charge in [0, 0.05) is 16.3 Å². The highest BCUT2D eigenvalue weighted by Gasteiger charge is 2.21. The predicted octanol–water partition coefficient (Wildman–Crippen LogP) is 2.32. The maximum atomic E-state index is 12.1. The molecule has 20 heavy (non-hydrogen) atoms. The SMILES string of the molecule is O=C(O)c1cc(S(=O)(=O)NCC2CCCS2)ccc1Br. The Hall–Kier alpha value is -0.570. The summed E-state index contributed by atoms with van der Waals surface area (Å²) in [5.74, 6) is -0.103. The van der Waals surface area contributed by atoms with E-state index in [2.05, 4.69) is 20.7 Å². The molecular formula is C12H14BrNO4S2. The monoisotopic (exact) mass is 379 g/mol. The Morgan fingerprint density at radius 2 is 2.25 bits per heavy atom. The number of benzene rings is 1. The molecule has 0 amide bonds. The number of halogens is 1. The van der Waals surface area contributed by atoms with Crippen LogP contribution in [0.3, 0.4) is 0 Å². The summed E-state index contributed by atoms with van der Waals surface area (Å²) in [4.78, 5) is 11.0. The molecule has 1 fully saturated rings. The molecule has 2 N–H and O–H groups in total. The van der Waals surface area contributed by atoms with Crippen LogP contribution in [0, 0.1) is 0 Å². The molecule has 8 heteroatoms. The van der Waals surface area contributed by atoms with E-state index >= 15 is 0 Å². The summed E-state index contributed by atoms with van der Waals surface area (Å²) in [5, 5.41) is 9.31. The summed E-state index contributed by atoms with van der Waals surface area (Å²) < 4.78 is 27.2. The van der Waals surface area contributed by atoms with Gasteiger partial charge in [0.15, 0.2) is 0 Å². The van der Waals surface area contributed by atoms with Gasteiger partial charge in [-0.1, -0.05) is 0 Å². The first kappa shape index (κ1) is 15.8. The van der Waals surface area contributed by atoms with E-state index in [4.69, 9.17) is 5.11 Å². The molecule has 110 valence electrons. The normalized spacial score (nSPS) is 19.1. The highest BCUT2D eigenvalue weighted by Crippen LogP contribution is 2.26. The zero-order valence-electron chi connectivity index (χ0n) is 10.5. The second kappa shape index (κ2) is 6.46. The van der Waals surface area contributed by atoms with Crippen LogP contribution < -0.4 is 4.72 Å². The molecule has 2 rings (SSSR count). The van der Waals surface area contributed by atoms with Crippen LogP contribution in [-0.4, -0.2) is 37.0 Å². The lowest BCUT2D eigenvalue weighted by molar-refractivity contribution is 0.0695. The summed E-state index contributed by atoms with van der Waals surface area (Å²) in [5.41, 5.74) is -0.0666. The van der Waals surface area contributed by atoms with Crippen LogP contribution in [0.2, 0.25) is 0 Å². The van der Waals surface area contributed by atoms with Gasteiger partial charge in [-0.3, -0.25) is 0 Å². The van der Waals surface area contributed by atoms with Gasteiger partial charge in [-0.15, -0.1) is 0 Å². The zero-order valence-corrected chi connectivity index (χ0v) is 13.7. The second-order valence-electron chi connectivity index (χ2n) is 4.43. The summed E-state index contributed by atoms with van der Waals surface area (Å²) in [6.07, 6.45) is 2.12. The molecule has 5 nitrogen and oxygen atoms in total. The molecule has 0 bridgehead atoms. The topological polar surface area (TPSA) is 83.5 Å². The smallest absolute Gasteiger partial charge is 0.336 e. The average molecular weight is 380 g/mol. The molecule has 1 atom stereocenters. The van der Waals surface area contributed by atoms with Crippen molar-refractivity contribution in [1.82, 2.24) is 4.72 Å². The van der Waals surface area contributed by atoms with Crippen molar-refractivity contribution in [3.8, 4) is 0 Å². The first-order valence-corrected chi connectivity index (χ1v) is 9.37. The van der Waals surface area contributed by atoms with Crippen molar-refractivity contribution in [2.24, 2.45) is 0 Å². The van der Waals surface area contributed by atoms with Crippen LogP contribution in [0.1, 0.15) is 23.2 Å². The number of rotatable bonds is 5. The number of carboxylic acid groups (broad SMARTS) is 1. The summed E-state index contributed by atoms with van der Waals surface area (Å²) >= 11 is 4.85. The lowest BCUT2D eigenvalue weighted by Crippen LogP contribution is -2.30. The molecule has 1 aliphatic rings. The first-order chi connectivity index (χ1) is 9.40. The van der Waals surface area contributed by atoms with Crippen LogP contribution in [0.15, 0.2) is 27.6 Å². The molecule has 0 aromatic heterocycles. The fraction of sp³-hybridized carbons (Fsp3) is 0.417. The minimum absolute atomic E-state index is 0.0268. The number of thioether (sulfide) groups is 1. The number of hydrogen-bond donors (Lipinski definition) is 2. The van der Waals surface area contributed by atoms with Crippen molar-refractivity contribution in [3.63, 3.8) is 0 Å². The molecule has 1 aromatic rings. The van der Waals surface area contributed by atoms with Crippen LogP contribution in [-0.2, 0) is 10.0 Å². The Balaban J connectivity index is 2.16. The van der Waals surface area contributed by atoms with E-state index < -0.39 is 16.0 Å². The molecule has 1 heterocycles. The Morgan fingerprint density at radius 1 is 1.50 bits per heavy atom. The minimum Gasteiger partial charge on any atom is -0.478 e. The van der Waals surface area contributed by atoms with E-state index in [1.165, 1.54) is 12.1 Å². The Kier molecular flexibility index (Phi) is 5.11. The molecule has 0 aliphatic carbocycles. The van der Waals surface area contributed by atoms with Crippen molar-refractivity contribution in [1.29, 1.82) is 0 Å². The lowest BCUT2D eigenvalue weighted by Gasteiger charge is -2.11. The fourth-order valence-electron chi connectivity index (χ4n) is 1.93. The van der Waals surface area contributed by atoms with Crippen LogP contribution >= 0.6 is 27.7 Å². The quantitative estimate of drug-likeness (QED) is 0.819. The van der Waals surface area contributed by atoms with Crippen molar-refractivity contribution in [2.75, 3.05) is 12.3 Å². The van der Waals surface area contributed by atoms with E-state index in [-0.39, 0.29) is 10.5 Å². The molecular weight excluding hydrogens is 366 g/mol. The van der Waals surface area contributed by atoms with Gasteiger partial charge >= 0.3 is 5.97 Å². The minimum atomic E-state index is -3.67. The summed E-state index contributed by atoms with van der Waals surface area (Å²) in [6, 6.07) is 3.99. The van der Waals surface area contributed by atoms with E-state index in [0.717, 1.165) is 24.7 Å². The van der Waals surface area contributed by atoms with Gasteiger partial charge in [0.2, 0.25) is 10.0 Å². The molecule has 1 saturated heterocycles. The highest BCUT2D eigenvalue weighted by atomic mass is 79.9. The maximum Gasteiger partial charge on any atom is 0.336 e. The maximum absolute atomic E-state index is 12.1. The van der Waals surface area contributed by atoms with Gasteiger partial charge in [0.05, 0.1) is 10.5 Å². The molecule has 0 spiro atoms. The standard InChI is InChI=1S/C12H14BrNO4S2/c13-11-4-3-9(6-10(11)12(15)16)20(17,18)14-7-8-2-1-5-19-8/h3-4,6,8,14H,1-2,5,7H2,(H,15,16). The highest BCUT2D eigenvalue weighted by molar-refractivity contribution is 9.10. The molecule has 1 aromatic carbocycles. The van der Waals surface area contributed by atoms with E-state index in [1.54, 1.807) is 11.8 Å². The largest absolute Gasteiger partial charge is 0.478 e. The number of carbonyl (C=O) groups is 1. The molecule has 0 saturated carbocycles. The van der Waals surface area contributed by atoms with Gasteiger partial charge in [0.1, 0.15) is 0 Å². The third-order valence-corrected chi connectivity index (χ3v) is 6.51.